The van der Waals surface area contributed by atoms with Gasteiger partial charge in [0.2, 0.25) is 0 Å². The Morgan fingerprint density at radius 3 is 2.54 bits per heavy atom. The lowest BCUT2D eigenvalue weighted by atomic mass is 9.99. The number of nitrogens with two attached hydrogens (primary N) is 1. The topological polar surface area (TPSA) is 146 Å². The van der Waals surface area contributed by atoms with Gasteiger partial charge in [0.15, 0.2) is 11.5 Å². The Kier molecular flexibility index (Phi) is 5.96. The highest BCUT2D eigenvalue weighted by molar-refractivity contribution is 6.03. The molecule has 0 aliphatic carbocycles. The molecular weight excluding hydrogens is 333 g/mol. The molecule has 0 saturated carbocycles. The molecule has 1 atom stereocenters. The van der Waals surface area contributed by atoms with Crippen molar-refractivity contribution in [1.82, 2.24) is 4.98 Å². The number of nitriles is 1. The fraction of sp³-hybridized carbons (Fsp3) is 0.308. The molecule has 0 spiro atoms. The van der Waals surface area contributed by atoms with Gasteiger partial charge in [-0.1, -0.05) is 0 Å². The number of carboxylic acids is 1. The van der Waals surface area contributed by atoms with Crippen LogP contribution in [0.2, 0.25) is 0 Å². The van der Waals surface area contributed by atoms with Gasteiger partial charge in [0.1, 0.15) is 6.07 Å². The molecule has 0 saturated heterocycles. The van der Waals surface area contributed by atoms with E-state index in [0.717, 1.165) is 12.3 Å². The minimum atomic E-state index is -5.14. The summed E-state index contributed by atoms with van der Waals surface area (Å²) in [6.07, 6.45) is -5.01. The molecule has 1 rings (SSSR count). The summed E-state index contributed by atoms with van der Waals surface area (Å²) >= 11 is 0. The van der Waals surface area contributed by atoms with Gasteiger partial charge >= 0.3 is 18.1 Å². The van der Waals surface area contributed by atoms with Crippen LogP contribution in [-0.2, 0) is 9.59 Å². The van der Waals surface area contributed by atoms with Crippen LogP contribution in [0.15, 0.2) is 12.3 Å². The van der Waals surface area contributed by atoms with Crippen LogP contribution in [0.4, 0.5) is 18.9 Å². The van der Waals surface area contributed by atoms with E-state index in [2.05, 4.69) is 4.98 Å². The molecule has 1 aromatic heterocycles. The van der Waals surface area contributed by atoms with E-state index in [4.69, 9.17) is 16.1 Å². The van der Waals surface area contributed by atoms with E-state index in [-0.39, 0.29) is 6.42 Å². The Labute approximate surface area is 133 Å². The number of carbonyl (C=O) groups excluding carboxylic acids is 2. The number of carboxylic acid groups (broad SMARTS) is 1. The average molecular weight is 344 g/mol. The van der Waals surface area contributed by atoms with Crippen LogP contribution in [0, 0.1) is 11.3 Å². The van der Waals surface area contributed by atoms with Gasteiger partial charge in [-0.15, -0.1) is 0 Å². The lowest BCUT2D eigenvalue weighted by molar-refractivity contribution is -0.167. The monoisotopic (exact) mass is 344 g/mol. The largest absolute Gasteiger partial charge is 0.481 e. The molecule has 0 bridgehead atoms. The minimum Gasteiger partial charge on any atom is -0.481 e. The summed E-state index contributed by atoms with van der Waals surface area (Å²) in [5, 5.41) is 18.9. The van der Waals surface area contributed by atoms with E-state index >= 15 is 0 Å². The Morgan fingerprint density at radius 1 is 1.42 bits per heavy atom. The molecule has 11 heteroatoms. The van der Waals surface area contributed by atoms with Gasteiger partial charge in [-0.3, -0.25) is 14.4 Å². The maximum atomic E-state index is 12.2. The number of halogens is 3. The average Bonchev–Trinajstić information content (AvgIpc) is 2.50. The van der Waals surface area contributed by atoms with Gasteiger partial charge in [0.25, 0.3) is 0 Å². The van der Waals surface area contributed by atoms with E-state index in [0.29, 0.717) is 0 Å². The van der Waals surface area contributed by atoms with Crippen LogP contribution >= 0.6 is 0 Å². The number of aliphatic carboxylic acids is 1. The van der Waals surface area contributed by atoms with Crippen molar-refractivity contribution in [3.8, 4) is 6.07 Å². The second-order valence-electron chi connectivity index (χ2n) is 4.59. The number of alkyl halides is 3. The summed E-state index contributed by atoms with van der Waals surface area (Å²) < 4.78 is 36.6. The van der Waals surface area contributed by atoms with Crippen LogP contribution in [0.3, 0.4) is 0 Å². The van der Waals surface area contributed by atoms with Gasteiger partial charge in [-0.2, -0.15) is 18.4 Å². The first kappa shape index (κ1) is 19.0. The maximum absolute atomic E-state index is 12.2. The molecule has 0 unspecified atom stereocenters. The van der Waals surface area contributed by atoms with E-state index in [9.17, 15) is 27.6 Å². The molecule has 0 fully saturated rings. The minimum absolute atomic E-state index is 0.238. The smallest absolute Gasteiger partial charge is 0.471 e. The summed E-state index contributed by atoms with van der Waals surface area (Å²) in [6, 6.07) is 1.11. The zero-order chi connectivity index (χ0) is 18.5. The molecule has 128 valence electrons. The molecule has 1 amide bonds. The molecule has 0 aliphatic heterocycles. The highest BCUT2D eigenvalue weighted by atomic mass is 19.4. The summed E-state index contributed by atoms with van der Waals surface area (Å²) in [7, 11) is 0. The maximum Gasteiger partial charge on any atom is 0.471 e. The lowest BCUT2D eigenvalue weighted by Crippen LogP contribution is -2.32. The van der Waals surface area contributed by atoms with Crippen molar-refractivity contribution >= 4 is 23.3 Å². The van der Waals surface area contributed by atoms with Crippen molar-refractivity contribution in [1.29, 1.82) is 5.26 Å². The van der Waals surface area contributed by atoms with Crippen molar-refractivity contribution < 1.29 is 32.7 Å². The van der Waals surface area contributed by atoms with E-state index in [1.54, 1.807) is 6.07 Å². The predicted molar refractivity (Wildman–Crippen MR) is 72.8 cm³/mol. The van der Waals surface area contributed by atoms with Gasteiger partial charge in [-0.05, 0) is 12.5 Å². The molecule has 4 N–H and O–H groups in total. The summed E-state index contributed by atoms with van der Waals surface area (Å²) in [6.45, 7) is 0. The fourth-order valence-corrected chi connectivity index (χ4v) is 1.62. The highest BCUT2D eigenvalue weighted by Gasteiger charge is 2.38. The Bertz CT molecular complexity index is 712. The van der Waals surface area contributed by atoms with Crippen LogP contribution in [-0.4, -0.2) is 40.0 Å². The standard InChI is InChI=1S/C13H11F3N4O4/c14-13(15,16)12(24)20-6-3-7(9(4-17)19-5-6)11(23)8(18)1-2-10(21)22/h3,5,8H,1-2,18H2,(H,20,24)(H,21,22)/t8-/m0/s1. The second kappa shape index (κ2) is 7.51. The first-order valence-corrected chi connectivity index (χ1v) is 6.36. The number of amides is 1. The van der Waals surface area contributed by atoms with Crippen molar-refractivity contribution in [3.63, 3.8) is 0 Å². The van der Waals surface area contributed by atoms with Crippen molar-refractivity contribution in [3.05, 3.63) is 23.5 Å². The van der Waals surface area contributed by atoms with Crippen LogP contribution in [0.25, 0.3) is 0 Å². The summed E-state index contributed by atoms with van der Waals surface area (Å²) in [5.74, 6) is -4.34. The van der Waals surface area contributed by atoms with Crippen molar-refractivity contribution in [2.24, 2.45) is 5.73 Å². The molecule has 1 aromatic rings. The Morgan fingerprint density at radius 2 is 2.04 bits per heavy atom. The zero-order valence-electron chi connectivity index (χ0n) is 11.9. The first-order valence-electron chi connectivity index (χ1n) is 6.36. The number of Topliss-reactive ketones (excluding diaryl/α,β-unsaturated/α-hetero) is 1. The van der Waals surface area contributed by atoms with Gasteiger partial charge in [0.05, 0.1) is 23.5 Å². The molecular formula is C13H11F3N4O4. The number of pyridine rings is 1. The lowest BCUT2D eigenvalue weighted by Gasteiger charge is -2.12. The number of carbonyl (C=O) groups is 3. The van der Waals surface area contributed by atoms with E-state index < -0.39 is 53.2 Å². The molecule has 0 aliphatic rings. The zero-order valence-corrected chi connectivity index (χ0v) is 11.9. The van der Waals surface area contributed by atoms with Crippen LogP contribution in [0.1, 0.15) is 28.9 Å². The van der Waals surface area contributed by atoms with Crippen molar-refractivity contribution in [2.75, 3.05) is 5.32 Å². The van der Waals surface area contributed by atoms with Gasteiger partial charge in [0, 0.05) is 6.42 Å². The van der Waals surface area contributed by atoms with Crippen LogP contribution in [0.5, 0.6) is 0 Å². The third kappa shape index (κ3) is 5.03. The fourth-order valence-electron chi connectivity index (χ4n) is 1.62. The molecule has 0 radical (unpaired) electrons. The number of hydrogen-bond donors (Lipinski definition) is 3. The Hall–Kier alpha value is -3.00. The molecule has 0 aromatic carbocycles. The summed E-state index contributed by atoms with van der Waals surface area (Å²) in [5.41, 5.74) is 4.26. The van der Waals surface area contributed by atoms with Crippen LogP contribution < -0.4 is 11.1 Å². The number of aromatic nitrogens is 1. The van der Waals surface area contributed by atoms with E-state index in [1.165, 1.54) is 5.32 Å². The first-order chi connectivity index (χ1) is 11.1. The molecule has 1 heterocycles. The number of ketones is 1. The quantitative estimate of drug-likeness (QED) is 0.648. The number of anilines is 1. The van der Waals surface area contributed by atoms with Crippen molar-refractivity contribution in [2.45, 2.75) is 25.1 Å². The predicted octanol–water partition coefficient (Wildman–Crippen LogP) is 0.829. The number of nitrogens with one attached hydrogen (secondary N) is 1. The normalized spacial score (nSPS) is 12.1. The molecule has 8 nitrogen and oxygen atoms in total. The third-order valence-electron chi connectivity index (χ3n) is 2.78. The number of hydrogen-bond acceptors (Lipinski definition) is 6. The number of rotatable bonds is 6. The van der Waals surface area contributed by atoms with E-state index in [1.807, 2.05) is 0 Å². The summed E-state index contributed by atoms with van der Waals surface area (Å²) in [4.78, 5) is 37.0. The third-order valence-corrected chi connectivity index (χ3v) is 2.78. The number of nitrogens with zero attached hydrogens (tertiary/aromatic N) is 2. The Balaban J connectivity index is 3.06. The van der Waals surface area contributed by atoms with Gasteiger partial charge in [-0.25, -0.2) is 4.98 Å². The SMILES string of the molecule is N#Cc1ncc(NC(=O)C(F)(F)F)cc1C(=O)[C@@H](N)CCC(=O)O. The van der Waals surface area contributed by atoms with Gasteiger partial charge < -0.3 is 16.2 Å². The second-order valence-corrected chi connectivity index (χ2v) is 4.59. The molecule has 24 heavy (non-hydrogen) atoms. The highest BCUT2D eigenvalue weighted by Crippen LogP contribution is 2.20.